The molecular weight excluding hydrogens is 243 g/mol. The maximum atomic E-state index is 13.0. The van der Waals surface area contributed by atoms with Crippen LogP contribution in [0.1, 0.15) is 0 Å². The van der Waals surface area contributed by atoms with E-state index in [1.807, 2.05) is 4.31 Å². The fourth-order valence-corrected chi connectivity index (χ4v) is 2.61. The van der Waals surface area contributed by atoms with E-state index in [1.54, 1.807) is 12.1 Å². The predicted molar refractivity (Wildman–Crippen MR) is 62.8 cm³/mol. The molecule has 1 atom stereocenters. The number of nitrogens with zero attached hydrogens (tertiary/aromatic N) is 1. The van der Waals surface area contributed by atoms with Crippen LogP contribution in [-0.4, -0.2) is 36.0 Å². The summed E-state index contributed by atoms with van der Waals surface area (Å²) in [5, 5.41) is 0. The van der Waals surface area contributed by atoms with Gasteiger partial charge < -0.3 is 10.5 Å². The molecule has 2 N–H and O–H groups in total. The minimum absolute atomic E-state index is 0.289. The van der Waals surface area contributed by atoms with Gasteiger partial charge in [0.1, 0.15) is 11.9 Å². The highest BCUT2D eigenvalue weighted by Crippen LogP contribution is 2.26. The molecule has 1 fully saturated rings. The fourth-order valence-electron chi connectivity index (χ4n) is 1.58. The maximum absolute atomic E-state index is 13.0. The number of benzene rings is 1. The monoisotopic (exact) mass is 256 g/mol. The van der Waals surface area contributed by atoms with Crippen LogP contribution in [0.15, 0.2) is 29.2 Å². The molecule has 1 aliphatic heterocycles. The van der Waals surface area contributed by atoms with Gasteiger partial charge >= 0.3 is 0 Å². The molecule has 0 saturated carbocycles. The normalized spacial score (nSPS) is 21.4. The second-order valence-corrected chi connectivity index (χ2v) is 4.81. The van der Waals surface area contributed by atoms with Gasteiger partial charge in [-0.25, -0.2) is 8.70 Å². The molecule has 92 valence electrons. The van der Waals surface area contributed by atoms with E-state index in [0.29, 0.717) is 13.2 Å². The van der Waals surface area contributed by atoms with Crippen LogP contribution >= 0.6 is 11.9 Å². The largest absolute Gasteiger partial charge is 0.378 e. The quantitative estimate of drug-likeness (QED) is 0.820. The molecule has 1 aliphatic rings. The third-order valence-electron chi connectivity index (χ3n) is 2.43. The van der Waals surface area contributed by atoms with Crippen LogP contribution in [-0.2, 0) is 9.53 Å². The van der Waals surface area contributed by atoms with Gasteiger partial charge in [-0.1, -0.05) is 6.07 Å². The summed E-state index contributed by atoms with van der Waals surface area (Å²) in [6.45, 7) is 1.43. The van der Waals surface area contributed by atoms with Gasteiger partial charge in [0.05, 0.1) is 13.2 Å². The van der Waals surface area contributed by atoms with Crippen LogP contribution < -0.4 is 5.73 Å². The average Bonchev–Trinajstić information content (AvgIpc) is 2.29. The van der Waals surface area contributed by atoms with E-state index < -0.39 is 11.9 Å². The molecule has 1 aromatic carbocycles. The summed E-state index contributed by atoms with van der Waals surface area (Å²) in [4.78, 5) is 12.0. The fraction of sp³-hybridized carbons (Fsp3) is 0.364. The number of hydrogen-bond acceptors (Lipinski definition) is 4. The first-order chi connectivity index (χ1) is 8.16. The van der Waals surface area contributed by atoms with Crippen LogP contribution in [0.5, 0.6) is 0 Å². The number of rotatable bonds is 3. The van der Waals surface area contributed by atoms with Crippen molar-refractivity contribution in [3.05, 3.63) is 30.1 Å². The van der Waals surface area contributed by atoms with Gasteiger partial charge in [0, 0.05) is 11.4 Å². The third kappa shape index (κ3) is 3.18. The smallest absolute Gasteiger partial charge is 0.238 e. The van der Waals surface area contributed by atoms with Crippen molar-refractivity contribution in [3.63, 3.8) is 0 Å². The van der Waals surface area contributed by atoms with Crippen molar-refractivity contribution in [1.82, 2.24) is 4.31 Å². The lowest BCUT2D eigenvalue weighted by atomic mass is 10.3. The van der Waals surface area contributed by atoms with Crippen LogP contribution in [0.4, 0.5) is 4.39 Å². The highest BCUT2D eigenvalue weighted by atomic mass is 32.2. The van der Waals surface area contributed by atoms with E-state index >= 15 is 0 Å². The summed E-state index contributed by atoms with van der Waals surface area (Å²) in [5.74, 6) is -0.715. The molecule has 1 aromatic rings. The number of morpholine rings is 1. The number of halogens is 1. The molecule has 1 saturated heterocycles. The molecule has 0 spiro atoms. The molecular formula is C11H13FN2O2S. The van der Waals surface area contributed by atoms with Crippen molar-refractivity contribution >= 4 is 17.9 Å². The number of ether oxygens (including phenoxy) is 1. The zero-order chi connectivity index (χ0) is 12.3. The highest BCUT2D eigenvalue weighted by molar-refractivity contribution is 7.97. The summed E-state index contributed by atoms with van der Waals surface area (Å²) in [6.07, 6.45) is 0. The first-order valence-electron chi connectivity index (χ1n) is 5.24. The van der Waals surface area contributed by atoms with Crippen molar-refractivity contribution in [2.24, 2.45) is 5.73 Å². The Morgan fingerprint density at radius 3 is 3.12 bits per heavy atom. The van der Waals surface area contributed by atoms with E-state index in [2.05, 4.69) is 0 Å². The minimum atomic E-state index is -0.461. The number of carbonyl (C=O) groups excluding carboxylic acids is 1. The maximum Gasteiger partial charge on any atom is 0.238 e. The molecule has 0 aromatic heterocycles. The molecule has 0 bridgehead atoms. The second kappa shape index (κ2) is 5.48. The van der Waals surface area contributed by atoms with E-state index in [-0.39, 0.29) is 12.4 Å². The highest BCUT2D eigenvalue weighted by Gasteiger charge is 2.28. The number of amides is 1. The van der Waals surface area contributed by atoms with Crippen molar-refractivity contribution in [3.8, 4) is 0 Å². The summed E-state index contributed by atoms with van der Waals surface area (Å²) in [6, 6.07) is 5.78. The lowest BCUT2D eigenvalue weighted by molar-refractivity contribution is -0.125. The van der Waals surface area contributed by atoms with Gasteiger partial charge in [-0.2, -0.15) is 0 Å². The number of nitrogens with two attached hydrogens (primary N) is 1. The molecule has 1 unspecified atom stereocenters. The van der Waals surface area contributed by atoms with E-state index in [9.17, 15) is 9.18 Å². The number of carbonyl (C=O) groups is 1. The van der Waals surface area contributed by atoms with Crippen molar-refractivity contribution in [2.45, 2.75) is 10.9 Å². The van der Waals surface area contributed by atoms with Gasteiger partial charge in [-0.15, -0.1) is 0 Å². The van der Waals surface area contributed by atoms with E-state index in [0.717, 1.165) is 4.90 Å². The Morgan fingerprint density at radius 2 is 2.41 bits per heavy atom. The Hall–Kier alpha value is -1.11. The number of primary amides is 1. The standard InChI is InChI=1S/C11H13FN2O2S/c12-8-2-1-3-9(6-8)17-14-4-5-16-7-10(14)11(13)15/h1-3,6,10H,4-5,7H2,(H2,13,15). The Morgan fingerprint density at radius 1 is 1.59 bits per heavy atom. The molecule has 17 heavy (non-hydrogen) atoms. The Labute approximate surface area is 103 Å². The molecule has 1 amide bonds. The molecule has 2 rings (SSSR count). The van der Waals surface area contributed by atoms with Gasteiger partial charge in [0.25, 0.3) is 0 Å². The molecule has 6 heteroatoms. The van der Waals surface area contributed by atoms with Gasteiger partial charge in [-0.05, 0) is 30.1 Å². The first-order valence-corrected chi connectivity index (χ1v) is 6.01. The molecule has 1 heterocycles. The molecule has 4 nitrogen and oxygen atoms in total. The van der Waals surface area contributed by atoms with Gasteiger partial charge in [0.15, 0.2) is 0 Å². The topological polar surface area (TPSA) is 55.6 Å². The zero-order valence-corrected chi connectivity index (χ0v) is 9.95. The van der Waals surface area contributed by atoms with Crippen LogP contribution in [0, 0.1) is 5.82 Å². The minimum Gasteiger partial charge on any atom is -0.378 e. The average molecular weight is 256 g/mol. The summed E-state index contributed by atoms with van der Waals surface area (Å²) < 4.78 is 20.1. The Balaban J connectivity index is 2.08. The molecule has 0 aliphatic carbocycles. The van der Waals surface area contributed by atoms with E-state index in [1.165, 1.54) is 24.1 Å². The lowest BCUT2D eigenvalue weighted by Crippen LogP contribution is -2.49. The van der Waals surface area contributed by atoms with Crippen LogP contribution in [0.3, 0.4) is 0 Å². The summed E-state index contributed by atoms with van der Waals surface area (Å²) >= 11 is 1.33. The van der Waals surface area contributed by atoms with Gasteiger partial charge in [-0.3, -0.25) is 4.79 Å². The third-order valence-corrected chi connectivity index (χ3v) is 3.56. The van der Waals surface area contributed by atoms with Crippen LogP contribution in [0.25, 0.3) is 0 Å². The van der Waals surface area contributed by atoms with Crippen molar-refractivity contribution < 1.29 is 13.9 Å². The predicted octanol–water partition coefficient (Wildman–Crippen LogP) is 1.02. The lowest BCUT2D eigenvalue weighted by Gasteiger charge is -2.32. The first kappa shape index (κ1) is 12.3. The second-order valence-electron chi connectivity index (χ2n) is 3.68. The number of hydrogen-bond donors (Lipinski definition) is 1. The van der Waals surface area contributed by atoms with Crippen molar-refractivity contribution in [1.29, 1.82) is 0 Å². The van der Waals surface area contributed by atoms with E-state index in [4.69, 9.17) is 10.5 Å². The van der Waals surface area contributed by atoms with Crippen molar-refractivity contribution in [2.75, 3.05) is 19.8 Å². The molecule has 0 radical (unpaired) electrons. The zero-order valence-electron chi connectivity index (χ0n) is 9.14. The summed E-state index contributed by atoms with van der Waals surface area (Å²) in [7, 11) is 0. The van der Waals surface area contributed by atoms with Gasteiger partial charge in [0.2, 0.25) is 5.91 Å². The Bertz CT molecular complexity index is 416. The van der Waals surface area contributed by atoms with Crippen LogP contribution in [0.2, 0.25) is 0 Å². The SMILES string of the molecule is NC(=O)C1COCCN1Sc1cccc(F)c1. The summed E-state index contributed by atoms with van der Waals surface area (Å²) in [5.41, 5.74) is 5.29. The Kier molecular flexibility index (Phi) is 3.98.